The number of amides is 1. The van der Waals surface area contributed by atoms with Crippen molar-refractivity contribution in [3.63, 3.8) is 0 Å². The molecule has 3 fully saturated rings. The molecular weight excluding hydrogens is 266 g/mol. The third-order valence-electron chi connectivity index (χ3n) is 5.00. The fourth-order valence-corrected chi connectivity index (χ4v) is 3.26. The van der Waals surface area contributed by atoms with Crippen LogP contribution in [0.4, 0.5) is 5.82 Å². The number of nitrogens with two attached hydrogens (primary N) is 1. The lowest BCUT2D eigenvalue weighted by Gasteiger charge is -2.19. The second-order valence-electron chi connectivity index (χ2n) is 6.57. The minimum atomic E-state index is -0.124. The van der Waals surface area contributed by atoms with Crippen LogP contribution in [0.3, 0.4) is 0 Å². The molecule has 112 valence electrons. The summed E-state index contributed by atoms with van der Waals surface area (Å²) in [6, 6.07) is 4.03. The number of carbonyl (C=O) groups is 1. The summed E-state index contributed by atoms with van der Waals surface area (Å²) >= 11 is 0. The van der Waals surface area contributed by atoms with Gasteiger partial charge in [0, 0.05) is 25.7 Å². The van der Waals surface area contributed by atoms with Crippen molar-refractivity contribution in [1.29, 1.82) is 0 Å². The van der Waals surface area contributed by atoms with E-state index >= 15 is 0 Å². The number of hydrogen-bond donors (Lipinski definition) is 2. The first-order valence-electron chi connectivity index (χ1n) is 7.85. The molecule has 6 nitrogen and oxygen atoms in total. The quantitative estimate of drug-likeness (QED) is 0.819. The van der Waals surface area contributed by atoms with E-state index in [2.05, 4.69) is 20.4 Å². The first-order valence-corrected chi connectivity index (χ1v) is 7.85. The van der Waals surface area contributed by atoms with Crippen LogP contribution in [0, 0.1) is 17.8 Å². The topological polar surface area (TPSA) is 84.1 Å². The molecule has 0 bridgehead atoms. The van der Waals surface area contributed by atoms with Crippen molar-refractivity contribution in [2.24, 2.45) is 23.5 Å². The summed E-state index contributed by atoms with van der Waals surface area (Å²) in [7, 11) is 0. The van der Waals surface area contributed by atoms with Crippen molar-refractivity contribution in [2.75, 3.05) is 24.5 Å². The van der Waals surface area contributed by atoms with Gasteiger partial charge in [-0.15, -0.1) is 10.2 Å². The minimum absolute atomic E-state index is 0.124. The van der Waals surface area contributed by atoms with Gasteiger partial charge < -0.3 is 16.0 Å². The van der Waals surface area contributed by atoms with E-state index in [1.807, 2.05) is 6.07 Å². The van der Waals surface area contributed by atoms with Crippen molar-refractivity contribution in [1.82, 2.24) is 15.5 Å². The van der Waals surface area contributed by atoms with Gasteiger partial charge in [0.25, 0.3) is 5.91 Å². The predicted molar refractivity (Wildman–Crippen MR) is 78.9 cm³/mol. The SMILES string of the molecule is NC1C2CN(c3ccc(C(=O)NCCC4CC4)nn3)CC12. The number of anilines is 1. The average Bonchev–Trinajstić information content (AvgIpc) is 3.38. The highest BCUT2D eigenvalue weighted by Crippen LogP contribution is 2.44. The van der Waals surface area contributed by atoms with Crippen LogP contribution < -0.4 is 16.0 Å². The lowest BCUT2D eigenvalue weighted by Crippen LogP contribution is -2.29. The summed E-state index contributed by atoms with van der Waals surface area (Å²) < 4.78 is 0. The highest BCUT2D eigenvalue weighted by atomic mass is 16.1. The van der Waals surface area contributed by atoms with E-state index in [9.17, 15) is 4.79 Å². The minimum Gasteiger partial charge on any atom is -0.354 e. The van der Waals surface area contributed by atoms with Crippen LogP contribution in [0.2, 0.25) is 0 Å². The Bertz CT molecular complexity index is 529. The van der Waals surface area contributed by atoms with Crippen LogP contribution >= 0.6 is 0 Å². The van der Waals surface area contributed by atoms with E-state index in [4.69, 9.17) is 5.73 Å². The second-order valence-corrected chi connectivity index (χ2v) is 6.57. The maximum Gasteiger partial charge on any atom is 0.271 e. The molecular formula is C15H21N5O. The van der Waals surface area contributed by atoms with Crippen molar-refractivity contribution in [3.8, 4) is 0 Å². The van der Waals surface area contributed by atoms with Gasteiger partial charge in [-0.2, -0.15) is 0 Å². The number of rotatable bonds is 5. The molecule has 2 unspecified atom stereocenters. The summed E-state index contributed by atoms with van der Waals surface area (Å²) in [5.74, 6) is 2.80. The van der Waals surface area contributed by atoms with Crippen molar-refractivity contribution in [2.45, 2.75) is 25.3 Å². The smallest absolute Gasteiger partial charge is 0.271 e. The summed E-state index contributed by atoms with van der Waals surface area (Å²) in [5, 5.41) is 11.2. The predicted octanol–water partition coefficient (Wildman–Crippen LogP) is 0.400. The van der Waals surface area contributed by atoms with Gasteiger partial charge in [-0.25, -0.2) is 0 Å². The number of aromatic nitrogens is 2. The molecule has 1 aromatic rings. The number of fused-ring (bicyclic) bond motifs is 1. The molecule has 0 aromatic carbocycles. The molecule has 6 heteroatoms. The summed E-state index contributed by atoms with van der Waals surface area (Å²) in [6.07, 6.45) is 3.70. The third kappa shape index (κ3) is 2.60. The van der Waals surface area contributed by atoms with Crippen LogP contribution in [0.25, 0.3) is 0 Å². The van der Waals surface area contributed by atoms with Crippen LogP contribution in [-0.2, 0) is 0 Å². The van der Waals surface area contributed by atoms with Gasteiger partial charge in [-0.05, 0) is 36.3 Å². The Hall–Kier alpha value is -1.69. The number of nitrogens with zero attached hydrogens (tertiary/aromatic N) is 3. The van der Waals surface area contributed by atoms with Crippen LogP contribution in [0.5, 0.6) is 0 Å². The lowest BCUT2D eigenvalue weighted by atomic mass is 10.3. The van der Waals surface area contributed by atoms with Gasteiger partial charge in [0.2, 0.25) is 0 Å². The summed E-state index contributed by atoms with van der Waals surface area (Å²) in [5.41, 5.74) is 6.33. The Morgan fingerprint density at radius 2 is 2.05 bits per heavy atom. The van der Waals surface area contributed by atoms with Gasteiger partial charge in [-0.1, -0.05) is 12.8 Å². The first-order chi connectivity index (χ1) is 10.2. The standard InChI is InChI=1S/C15H21N5O/c16-14-10-7-20(8-11(10)14)13-4-3-12(18-19-13)15(21)17-6-5-9-1-2-9/h3-4,9-11,14H,1-2,5-8,16H2,(H,17,21). The van der Waals surface area contributed by atoms with Crippen LogP contribution in [0.15, 0.2) is 12.1 Å². The monoisotopic (exact) mass is 287 g/mol. The van der Waals surface area contributed by atoms with Crippen molar-refractivity contribution >= 4 is 11.7 Å². The van der Waals surface area contributed by atoms with Crippen LogP contribution in [-0.4, -0.2) is 41.8 Å². The fraction of sp³-hybridized carbons (Fsp3) is 0.667. The average molecular weight is 287 g/mol. The summed E-state index contributed by atoms with van der Waals surface area (Å²) in [6.45, 7) is 2.67. The lowest BCUT2D eigenvalue weighted by molar-refractivity contribution is 0.0946. The van der Waals surface area contributed by atoms with Gasteiger partial charge in [0.15, 0.2) is 11.5 Å². The second kappa shape index (κ2) is 4.94. The largest absolute Gasteiger partial charge is 0.354 e. The first kappa shape index (κ1) is 13.0. The molecule has 21 heavy (non-hydrogen) atoms. The van der Waals surface area contributed by atoms with Crippen molar-refractivity contribution in [3.05, 3.63) is 17.8 Å². The van der Waals surface area contributed by atoms with E-state index in [1.165, 1.54) is 12.8 Å². The maximum absolute atomic E-state index is 11.9. The molecule has 3 aliphatic rings. The fourth-order valence-electron chi connectivity index (χ4n) is 3.26. The van der Waals surface area contributed by atoms with E-state index in [-0.39, 0.29) is 5.91 Å². The number of piperidine rings is 1. The highest BCUT2D eigenvalue weighted by Gasteiger charge is 2.53. The summed E-state index contributed by atoms with van der Waals surface area (Å²) in [4.78, 5) is 14.1. The highest BCUT2D eigenvalue weighted by molar-refractivity contribution is 5.92. The zero-order valence-corrected chi connectivity index (χ0v) is 12.0. The Kier molecular flexibility index (Phi) is 3.06. The molecule has 2 atom stereocenters. The number of hydrogen-bond acceptors (Lipinski definition) is 5. The van der Waals surface area contributed by atoms with Gasteiger partial charge >= 0.3 is 0 Å². The Balaban J connectivity index is 1.31. The molecule has 2 heterocycles. The molecule has 0 radical (unpaired) electrons. The molecule has 3 N–H and O–H groups in total. The third-order valence-corrected chi connectivity index (χ3v) is 5.00. The molecule has 1 aromatic heterocycles. The molecule has 4 rings (SSSR count). The molecule has 1 aliphatic heterocycles. The van der Waals surface area contributed by atoms with E-state index in [0.717, 1.165) is 37.8 Å². The molecule has 1 saturated heterocycles. The van der Waals surface area contributed by atoms with Gasteiger partial charge in [0.1, 0.15) is 0 Å². The molecule has 1 amide bonds. The zero-order valence-electron chi connectivity index (χ0n) is 12.0. The molecule has 0 spiro atoms. The Morgan fingerprint density at radius 3 is 2.67 bits per heavy atom. The van der Waals surface area contributed by atoms with Crippen molar-refractivity contribution < 1.29 is 4.79 Å². The number of nitrogens with one attached hydrogen (secondary N) is 1. The van der Waals surface area contributed by atoms with E-state index < -0.39 is 0 Å². The molecule has 2 saturated carbocycles. The zero-order chi connectivity index (χ0) is 14.4. The van der Waals surface area contributed by atoms with Gasteiger partial charge in [0.05, 0.1) is 0 Å². The maximum atomic E-state index is 11.9. The van der Waals surface area contributed by atoms with Crippen LogP contribution in [0.1, 0.15) is 29.8 Å². The molecule has 2 aliphatic carbocycles. The van der Waals surface area contributed by atoms with E-state index in [0.29, 0.717) is 23.6 Å². The Morgan fingerprint density at radius 1 is 1.29 bits per heavy atom. The number of carbonyl (C=O) groups excluding carboxylic acids is 1. The normalized spacial score (nSPS) is 30.1. The van der Waals surface area contributed by atoms with E-state index in [1.54, 1.807) is 6.07 Å². The van der Waals surface area contributed by atoms with Gasteiger partial charge in [-0.3, -0.25) is 4.79 Å². The Labute approximate surface area is 124 Å².